The Morgan fingerprint density at radius 2 is 1.95 bits per heavy atom. The average Bonchev–Trinajstić information content (AvgIpc) is 2.90. The van der Waals surface area contributed by atoms with Crippen molar-refractivity contribution >= 4 is 23.3 Å². The fraction of sp³-hybridized carbons (Fsp3) is 0.385. The number of carboxylic acids is 1. The molecule has 1 aliphatic rings. The highest BCUT2D eigenvalue weighted by Gasteiger charge is 2.34. The molecule has 0 saturated heterocycles. The Morgan fingerprint density at radius 1 is 1.29 bits per heavy atom. The Labute approximate surface area is 119 Å². The number of rotatable bonds is 4. The van der Waals surface area contributed by atoms with Crippen LogP contribution >= 0.6 is 0 Å². The maximum absolute atomic E-state index is 12.0. The smallest absolute Gasteiger partial charge is 0.306 e. The number of hydrogen-bond acceptors (Lipinski definition) is 5. The molecule has 0 radical (unpaired) electrons. The summed E-state index contributed by atoms with van der Waals surface area (Å²) in [5, 5.41) is 31.6. The summed E-state index contributed by atoms with van der Waals surface area (Å²) >= 11 is 0. The van der Waals surface area contributed by atoms with Gasteiger partial charge in [0.1, 0.15) is 5.75 Å². The Kier molecular flexibility index (Phi) is 4.06. The lowest BCUT2D eigenvalue weighted by Crippen LogP contribution is -2.21. The molecule has 1 fully saturated rings. The summed E-state index contributed by atoms with van der Waals surface area (Å²) < 4.78 is 0. The Morgan fingerprint density at radius 3 is 2.48 bits per heavy atom. The number of benzene rings is 1. The van der Waals surface area contributed by atoms with Crippen molar-refractivity contribution in [3.05, 3.63) is 28.3 Å². The first kappa shape index (κ1) is 14.8. The van der Waals surface area contributed by atoms with Gasteiger partial charge in [-0.2, -0.15) is 0 Å². The minimum absolute atomic E-state index is 0.0735. The van der Waals surface area contributed by atoms with Crippen LogP contribution in [-0.2, 0) is 9.59 Å². The SMILES string of the molecule is O=C(O)[C@H]1CC[C@@H](C(=O)Nc2ccc([N+](=O)[O-])cc2O)C1. The second-order valence-electron chi connectivity index (χ2n) is 4.99. The van der Waals surface area contributed by atoms with Crippen LogP contribution in [0.4, 0.5) is 11.4 Å². The molecule has 21 heavy (non-hydrogen) atoms. The summed E-state index contributed by atoms with van der Waals surface area (Å²) in [5.41, 5.74) is -0.207. The lowest BCUT2D eigenvalue weighted by Gasteiger charge is -2.11. The van der Waals surface area contributed by atoms with Crippen LogP contribution in [0.5, 0.6) is 5.75 Å². The Hall–Kier alpha value is -2.64. The summed E-state index contributed by atoms with van der Waals surface area (Å²) in [6.07, 6.45) is 1.17. The van der Waals surface area contributed by atoms with Crippen molar-refractivity contribution in [2.75, 3.05) is 5.32 Å². The van der Waals surface area contributed by atoms with Crippen molar-refractivity contribution < 1.29 is 24.7 Å². The highest BCUT2D eigenvalue weighted by atomic mass is 16.6. The molecule has 2 rings (SSSR count). The Bertz CT molecular complexity index is 600. The molecule has 0 heterocycles. The standard InChI is InChI=1S/C13H14N2O6/c16-11-6-9(15(20)21)3-4-10(11)14-12(17)7-1-2-8(5-7)13(18)19/h3-4,6-8,16H,1-2,5H2,(H,14,17)(H,18,19)/t7-,8+/m1/s1. The maximum Gasteiger partial charge on any atom is 0.306 e. The van der Waals surface area contributed by atoms with Crippen molar-refractivity contribution in [1.82, 2.24) is 0 Å². The maximum atomic E-state index is 12.0. The molecular weight excluding hydrogens is 280 g/mol. The third-order valence-corrected chi connectivity index (χ3v) is 3.60. The van der Waals surface area contributed by atoms with E-state index in [-0.39, 0.29) is 23.7 Å². The van der Waals surface area contributed by atoms with Crippen molar-refractivity contribution in [1.29, 1.82) is 0 Å². The van der Waals surface area contributed by atoms with Crippen molar-refractivity contribution in [2.45, 2.75) is 19.3 Å². The number of carbonyl (C=O) groups is 2. The van der Waals surface area contributed by atoms with E-state index in [1.807, 2.05) is 0 Å². The van der Waals surface area contributed by atoms with Gasteiger partial charge in [-0.25, -0.2) is 0 Å². The number of nitro benzene ring substituents is 1. The van der Waals surface area contributed by atoms with E-state index in [4.69, 9.17) is 5.11 Å². The fourth-order valence-electron chi connectivity index (χ4n) is 2.42. The molecule has 3 N–H and O–H groups in total. The first-order valence-corrected chi connectivity index (χ1v) is 6.39. The van der Waals surface area contributed by atoms with Gasteiger partial charge in [0.15, 0.2) is 0 Å². The summed E-state index contributed by atoms with van der Waals surface area (Å²) in [5.74, 6) is -2.65. The van der Waals surface area contributed by atoms with Gasteiger partial charge in [0.05, 0.1) is 22.6 Å². The number of carbonyl (C=O) groups excluding carboxylic acids is 1. The van der Waals surface area contributed by atoms with Gasteiger partial charge in [-0.05, 0) is 25.3 Å². The molecule has 0 unspecified atom stereocenters. The van der Waals surface area contributed by atoms with Crippen LogP contribution in [0.3, 0.4) is 0 Å². The number of nitrogens with zero attached hydrogens (tertiary/aromatic N) is 1. The zero-order valence-electron chi connectivity index (χ0n) is 11.0. The number of carboxylic acid groups (broad SMARTS) is 1. The van der Waals surface area contributed by atoms with Crippen LogP contribution in [0.1, 0.15) is 19.3 Å². The van der Waals surface area contributed by atoms with E-state index < -0.39 is 28.5 Å². The third-order valence-electron chi connectivity index (χ3n) is 3.60. The highest BCUT2D eigenvalue weighted by Crippen LogP contribution is 2.33. The number of amides is 1. The molecule has 1 aliphatic carbocycles. The third kappa shape index (κ3) is 3.28. The molecule has 0 aliphatic heterocycles. The van der Waals surface area contributed by atoms with Gasteiger partial charge < -0.3 is 15.5 Å². The zero-order chi connectivity index (χ0) is 15.6. The van der Waals surface area contributed by atoms with E-state index in [0.29, 0.717) is 12.8 Å². The molecule has 1 aromatic rings. The van der Waals surface area contributed by atoms with Crippen LogP contribution in [0.2, 0.25) is 0 Å². The molecule has 8 heteroatoms. The molecule has 8 nitrogen and oxygen atoms in total. The first-order chi connectivity index (χ1) is 9.88. The second kappa shape index (κ2) is 5.78. The number of phenolic OH excluding ortho intramolecular Hbond substituents is 1. The number of nitrogens with one attached hydrogen (secondary N) is 1. The van der Waals surface area contributed by atoms with E-state index in [1.165, 1.54) is 12.1 Å². The monoisotopic (exact) mass is 294 g/mol. The molecule has 112 valence electrons. The van der Waals surface area contributed by atoms with Gasteiger partial charge in [-0.15, -0.1) is 0 Å². The summed E-state index contributed by atoms with van der Waals surface area (Å²) in [4.78, 5) is 32.7. The molecule has 1 saturated carbocycles. The van der Waals surface area contributed by atoms with Crippen molar-refractivity contribution in [2.24, 2.45) is 11.8 Å². The summed E-state index contributed by atoms with van der Waals surface area (Å²) in [6, 6.07) is 3.36. The number of hydrogen-bond donors (Lipinski definition) is 3. The van der Waals surface area contributed by atoms with Crippen LogP contribution in [-0.4, -0.2) is 27.0 Å². The van der Waals surface area contributed by atoms with Gasteiger partial charge in [0, 0.05) is 12.0 Å². The number of nitro groups is 1. The molecule has 0 bridgehead atoms. The minimum atomic E-state index is -0.913. The molecule has 1 aromatic carbocycles. The van der Waals surface area contributed by atoms with E-state index in [0.717, 1.165) is 6.07 Å². The van der Waals surface area contributed by atoms with Gasteiger partial charge in [0.25, 0.3) is 5.69 Å². The Balaban J connectivity index is 2.03. The van der Waals surface area contributed by atoms with E-state index >= 15 is 0 Å². The lowest BCUT2D eigenvalue weighted by molar-refractivity contribution is -0.384. The lowest BCUT2D eigenvalue weighted by atomic mass is 10.0. The van der Waals surface area contributed by atoms with Crippen LogP contribution < -0.4 is 5.32 Å². The van der Waals surface area contributed by atoms with Gasteiger partial charge in [-0.1, -0.05) is 0 Å². The van der Waals surface area contributed by atoms with Crippen molar-refractivity contribution in [3.63, 3.8) is 0 Å². The minimum Gasteiger partial charge on any atom is -0.506 e. The number of aromatic hydroxyl groups is 1. The average molecular weight is 294 g/mol. The summed E-state index contributed by atoms with van der Waals surface area (Å²) in [6.45, 7) is 0. The largest absolute Gasteiger partial charge is 0.506 e. The predicted octanol–water partition coefficient (Wildman–Crippen LogP) is 1.74. The number of anilines is 1. The fourth-order valence-corrected chi connectivity index (χ4v) is 2.42. The van der Waals surface area contributed by atoms with Crippen molar-refractivity contribution in [3.8, 4) is 5.75 Å². The normalized spacial score (nSPS) is 21.0. The predicted molar refractivity (Wildman–Crippen MR) is 71.9 cm³/mol. The molecule has 0 spiro atoms. The van der Waals surface area contributed by atoms with Crippen LogP contribution in [0.25, 0.3) is 0 Å². The van der Waals surface area contributed by atoms with Crippen LogP contribution in [0, 0.1) is 22.0 Å². The van der Waals surface area contributed by atoms with Gasteiger partial charge in [-0.3, -0.25) is 19.7 Å². The highest BCUT2D eigenvalue weighted by molar-refractivity contribution is 5.94. The van der Waals surface area contributed by atoms with E-state index in [2.05, 4.69) is 5.32 Å². The number of non-ortho nitro benzene ring substituents is 1. The van der Waals surface area contributed by atoms with E-state index in [1.54, 1.807) is 0 Å². The van der Waals surface area contributed by atoms with E-state index in [9.17, 15) is 24.8 Å². The molecular formula is C13H14N2O6. The van der Waals surface area contributed by atoms with Crippen LogP contribution in [0.15, 0.2) is 18.2 Å². The topological polar surface area (TPSA) is 130 Å². The number of aliphatic carboxylic acids is 1. The first-order valence-electron chi connectivity index (χ1n) is 6.39. The quantitative estimate of drug-likeness (QED) is 0.440. The molecule has 1 amide bonds. The zero-order valence-corrected chi connectivity index (χ0v) is 11.0. The van der Waals surface area contributed by atoms with Gasteiger partial charge in [0.2, 0.25) is 5.91 Å². The number of phenols is 1. The molecule has 2 atom stereocenters. The summed E-state index contributed by atoms with van der Waals surface area (Å²) in [7, 11) is 0. The van der Waals surface area contributed by atoms with Gasteiger partial charge >= 0.3 is 5.97 Å². The molecule has 0 aromatic heterocycles. The second-order valence-corrected chi connectivity index (χ2v) is 4.99.